The van der Waals surface area contributed by atoms with Crippen molar-refractivity contribution in [3.8, 4) is 0 Å². The summed E-state index contributed by atoms with van der Waals surface area (Å²) in [6, 6.07) is 0. The predicted molar refractivity (Wildman–Crippen MR) is 88.0 cm³/mol. The molecule has 1 fully saturated rings. The first-order valence-corrected chi connectivity index (χ1v) is 8.54. The number of carbonyl (C=O) groups excluding carboxylic acids is 2. The van der Waals surface area contributed by atoms with Crippen LogP contribution in [0.25, 0.3) is 0 Å². The van der Waals surface area contributed by atoms with Crippen molar-refractivity contribution >= 4 is 46.8 Å². The van der Waals surface area contributed by atoms with Gasteiger partial charge in [0.2, 0.25) is 0 Å². The van der Waals surface area contributed by atoms with E-state index >= 15 is 0 Å². The monoisotopic (exact) mass is 395 g/mol. The third kappa shape index (κ3) is 3.44. The van der Waals surface area contributed by atoms with Crippen LogP contribution < -0.4 is 5.32 Å². The van der Waals surface area contributed by atoms with Crippen LogP contribution in [0.1, 0.15) is 0 Å². The number of rotatable bonds is 3. The molecule has 1 aliphatic carbocycles. The van der Waals surface area contributed by atoms with Gasteiger partial charge in [-0.25, -0.2) is 4.79 Å². The lowest BCUT2D eigenvalue weighted by Crippen LogP contribution is -2.48. The summed E-state index contributed by atoms with van der Waals surface area (Å²) in [7, 11) is 1.57. The van der Waals surface area contributed by atoms with Crippen LogP contribution in [-0.4, -0.2) is 47.8 Å². The Morgan fingerprint density at radius 2 is 1.88 bits per heavy atom. The molecule has 2 heterocycles. The summed E-state index contributed by atoms with van der Waals surface area (Å²) in [5.74, 6) is -1.14. The molecule has 6 atom stereocenters. The lowest BCUT2D eigenvalue weighted by atomic mass is 9.71. The molecule has 6 nitrogen and oxygen atoms in total. The number of carbonyl (C=O) groups is 2. The second-order valence-electron chi connectivity index (χ2n) is 5.93. The third-order valence-electron chi connectivity index (χ3n) is 4.47. The molecule has 24 heavy (non-hydrogen) atoms. The third-order valence-corrected chi connectivity index (χ3v) is 4.98. The minimum atomic E-state index is -2.24. The van der Waals surface area contributed by atoms with E-state index in [0.717, 1.165) is 0 Å². The molecule has 0 unspecified atom stereocenters. The van der Waals surface area contributed by atoms with Crippen molar-refractivity contribution in [3.05, 3.63) is 24.3 Å². The molecule has 0 aromatic heterocycles. The maximum absolute atomic E-state index is 12.1. The number of methoxy groups -OCH3 is 1. The number of fused-ring (bicyclic) bond motifs is 5. The number of ether oxygens (including phenoxy) is 3. The summed E-state index contributed by atoms with van der Waals surface area (Å²) < 4.78 is 14.3. The summed E-state index contributed by atoms with van der Waals surface area (Å²) >= 11 is 16.3. The zero-order chi connectivity index (χ0) is 17.5. The number of alkyl halides is 3. The smallest absolute Gasteiger partial charge is 0.414 e. The van der Waals surface area contributed by atoms with Gasteiger partial charge in [0.25, 0.3) is 9.70 Å². The number of imide groups is 1. The van der Waals surface area contributed by atoms with E-state index in [9.17, 15) is 9.59 Å². The highest BCUT2D eigenvalue weighted by Gasteiger charge is 2.53. The molecule has 0 aromatic rings. The Morgan fingerprint density at radius 3 is 2.54 bits per heavy atom. The van der Waals surface area contributed by atoms with Crippen molar-refractivity contribution in [2.45, 2.75) is 22.1 Å². The number of alkyl carbamates (subject to hydrolysis) is 1. The maximum Gasteiger partial charge on any atom is 0.414 e. The Balaban J connectivity index is 1.73. The first-order valence-electron chi connectivity index (χ1n) is 7.41. The molecule has 2 bridgehead atoms. The lowest BCUT2D eigenvalue weighted by molar-refractivity contribution is -0.120. The number of hydrogen-bond donors (Lipinski definition) is 1. The summed E-state index contributed by atoms with van der Waals surface area (Å²) in [6.45, 7) is 0.372. The summed E-state index contributed by atoms with van der Waals surface area (Å²) in [5.41, 5.74) is 0. The summed E-state index contributed by atoms with van der Waals surface area (Å²) in [4.78, 5) is 23.7. The molecule has 3 rings (SSSR count). The van der Waals surface area contributed by atoms with E-state index in [4.69, 9.17) is 49.0 Å². The second-order valence-corrected chi connectivity index (χ2v) is 8.21. The SMILES string of the molecule is COC[C@@H]1C=C[C@@H]2[C@H]([C@H]1OC(=O)NC(=O)C(Cl)(Cl)Cl)[C@H]1C=C[C@@H]2O1. The highest BCUT2D eigenvalue weighted by molar-refractivity contribution is 6.76. The van der Waals surface area contributed by atoms with Crippen LogP contribution >= 0.6 is 34.8 Å². The molecule has 132 valence electrons. The summed E-state index contributed by atoms with van der Waals surface area (Å²) in [6.07, 6.45) is 6.39. The molecule has 1 N–H and O–H groups in total. The van der Waals surface area contributed by atoms with Crippen LogP contribution in [0.4, 0.5) is 4.79 Å². The van der Waals surface area contributed by atoms with Gasteiger partial charge in [0, 0.05) is 24.9 Å². The van der Waals surface area contributed by atoms with E-state index in [-0.39, 0.29) is 30.0 Å². The fraction of sp³-hybridized carbons (Fsp3) is 0.600. The van der Waals surface area contributed by atoms with Crippen LogP contribution in [-0.2, 0) is 19.0 Å². The van der Waals surface area contributed by atoms with Crippen LogP contribution in [0.15, 0.2) is 24.3 Å². The number of hydrogen-bond acceptors (Lipinski definition) is 5. The molecular formula is C15H16Cl3NO5. The summed E-state index contributed by atoms with van der Waals surface area (Å²) in [5, 5.41) is 1.93. The van der Waals surface area contributed by atoms with Crippen molar-refractivity contribution in [2.75, 3.05) is 13.7 Å². The van der Waals surface area contributed by atoms with Gasteiger partial charge in [0.05, 0.1) is 18.8 Å². The number of halogens is 3. The fourth-order valence-electron chi connectivity index (χ4n) is 3.50. The topological polar surface area (TPSA) is 73.9 Å². The molecule has 9 heteroatoms. The quantitative estimate of drug-likeness (QED) is 0.586. The molecule has 0 spiro atoms. The average Bonchev–Trinajstić information content (AvgIpc) is 3.10. The van der Waals surface area contributed by atoms with Crippen LogP contribution in [0.5, 0.6) is 0 Å². The minimum Gasteiger partial charge on any atom is -0.445 e. The molecule has 2 aliphatic heterocycles. The van der Waals surface area contributed by atoms with Gasteiger partial charge >= 0.3 is 6.09 Å². The highest BCUT2D eigenvalue weighted by atomic mass is 35.6. The number of nitrogens with one attached hydrogen (secondary N) is 1. The Morgan fingerprint density at radius 1 is 1.17 bits per heavy atom. The lowest BCUT2D eigenvalue weighted by Gasteiger charge is -2.37. The molecule has 2 amide bonds. The molecule has 0 aromatic carbocycles. The van der Waals surface area contributed by atoms with E-state index < -0.39 is 21.9 Å². The second kappa shape index (κ2) is 6.84. The van der Waals surface area contributed by atoms with Crippen molar-refractivity contribution in [2.24, 2.45) is 17.8 Å². The zero-order valence-electron chi connectivity index (χ0n) is 12.7. The standard InChI is InChI=1S/C15H16Cl3NO5/c1-22-6-7-2-3-8-9-4-5-10(23-9)11(8)12(7)24-14(21)19-13(20)15(16,17)18/h2-5,7-12H,6H2,1H3,(H,19,20,21)/t7-,8-,9-,10+,11-,12-/m0/s1. The van der Waals surface area contributed by atoms with Gasteiger partial charge < -0.3 is 14.2 Å². The molecule has 0 saturated carbocycles. The van der Waals surface area contributed by atoms with Crippen molar-refractivity contribution in [1.29, 1.82) is 0 Å². The van der Waals surface area contributed by atoms with Gasteiger partial charge in [-0.3, -0.25) is 10.1 Å². The van der Waals surface area contributed by atoms with Gasteiger partial charge in [-0.2, -0.15) is 0 Å². The predicted octanol–water partition coefficient (Wildman–Crippen LogP) is 2.38. The van der Waals surface area contributed by atoms with E-state index in [1.165, 1.54) is 0 Å². The van der Waals surface area contributed by atoms with Gasteiger partial charge in [0.15, 0.2) is 0 Å². The van der Waals surface area contributed by atoms with Gasteiger partial charge in [0.1, 0.15) is 6.10 Å². The Bertz CT molecular complexity index is 588. The van der Waals surface area contributed by atoms with Crippen molar-refractivity contribution in [1.82, 2.24) is 5.32 Å². The largest absolute Gasteiger partial charge is 0.445 e. The first-order chi connectivity index (χ1) is 11.3. The van der Waals surface area contributed by atoms with Gasteiger partial charge in [-0.1, -0.05) is 59.1 Å². The van der Waals surface area contributed by atoms with Crippen LogP contribution in [0.3, 0.4) is 0 Å². The fourth-order valence-corrected chi connectivity index (χ4v) is 3.64. The van der Waals surface area contributed by atoms with E-state index in [1.807, 2.05) is 23.5 Å². The van der Waals surface area contributed by atoms with E-state index in [2.05, 4.69) is 6.08 Å². The highest BCUT2D eigenvalue weighted by Crippen LogP contribution is 2.47. The van der Waals surface area contributed by atoms with Crippen molar-refractivity contribution in [3.63, 3.8) is 0 Å². The van der Waals surface area contributed by atoms with E-state index in [0.29, 0.717) is 6.61 Å². The first kappa shape index (κ1) is 18.0. The van der Waals surface area contributed by atoms with Gasteiger partial charge in [-0.15, -0.1) is 0 Å². The maximum atomic E-state index is 12.1. The van der Waals surface area contributed by atoms with Crippen LogP contribution in [0, 0.1) is 17.8 Å². The number of amides is 2. The zero-order valence-corrected chi connectivity index (χ0v) is 14.9. The van der Waals surface area contributed by atoms with E-state index in [1.54, 1.807) is 7.11 Å². The molecule has 0 radical (unpaired) electrons. The molecular weight excluding hydrogens is 381 g/mol. The van der Waals surface area contributed by atoms with Crippen molar-refractivity contribution < 1.29 is 23.8 Å². The molecule has 1 saturated heterocycles. The van der Waals surface area contributed by atoms with Gasteiger partial charge in [-0.05, 0) is 0 Å². The Kier molecular flexibility index (Phi) is 5.14. The Hall–Kier alpha value is -0.790. The molecule has 3 aliphatic rings. The average molecular weight is 397 g/mol. The minimum absolute atomic E-state index is 0.0169. The Labute approximate surface area is 154 Å². The normalized spacial score (nSPS) is 36.5. The van der Waals surface area contributed by atoms with Crippen LogP contribution in [0.2, 0.25) is 0 Å².